The second-order valence-electron chi connectivity index (χ2n) is 5.41. The summed E-state index contributed by atoms with van der Waals surface area (Å²) in [5, 5.41) is 3.67. The third kappa shape index (κ3) is 1.67. The Kier molecular flexibility index (Phi) is 2.66. The molecule has 4 heteroatoms. The largest absolute Gasteiger partial charge is 0.374 e. The van der Waals surface area contributed by atoms with Crippen molar-refractivity contribution in [1.29, 1.82) is 0 Å². The second kappa shape index (κ2) is 3.89. The Bertz CT molecular complexity index is 692. The van der Waals surface area contributed by atoms with Gasteiger partial charge in [-0.1, -0.05) is 44.5 Å². The van der Waals surface area contributed by atoms with E-state index in [4.69, 9.17) is 12.2 Å². The van der Waals surface area contributed by atoms with Crippen LogP contribution in [0.1, 0.15) is 29.9 Å². The Morgan fingerprint density at radius 3 is 2.61 bits per heavy atom. The zero-order chi connectivity index (χ0) is 13.1. The Balaban J connectivity index is 2.43. The Hall–Kier alpha value is -0.710. The molecule has 1 aliphatic heterocycles. The second-order valence-corrected chi connectivity index (χ2v) is 8.23. The highest BCUT2D eigenvalue weighted by molar-refractivity contribution is 7.80. The summed E-state index contributed by atoms with van der Waals surface area (Å²) in [6, 6.07) is 4.48. The fraction of sp³-hybridized carbons (Fsp3) is 0.357. The molecular formula is C14H15NS3. The Morgan fingerprint density at radius 1 is 1.17 bits per heavy atom. The summed E-state index contributed by atoms with van der Waals surface area (Å²) < 4.78 is 1.02. The molecule has 1 aromatic carbocycles. The van der Waals surface area contributed by atoms with Crippen LogP contribution < -0.4 is 5.32 Å². The number of fused-ring (bicyclic) bond motifs is 3. The molecule has 1 aliphatic rings. The van der Waals surface area contributed by atoms with Gasteiger partial charge >= 0.3 is 0 Å². The monoisotopic (exact) mass is 293 g/mol. The summed E-state index contributed by atoms with van der Waals surface area (Å²) in [6.45, 7) is 8.77. The minimum absolute atomic E-state index is 0.0272. The topological polar surface area (TPSA) is 12.0 Å². The Morgan fingerprint density at radius 2 is 1.89 bits per heavy atom. The molecule has 0 atom stereocenters. The van der Waals surface area contributed by atoms with Crippen molar-refractivity contribution in [2.24, 2.45) is 0 Å². The van der Waals surface area contributed by atoms with E-state index in [-0.39, 0.29) is 5.54 Å². The summed E-state index contributed by atoms with van der Waals surface area (Å²) >= 11 is 5.54. The highest BCUT2D eigenvalue weighted by Crippen LogP contribution is 2.49. The molecule has 0 bridgehead atoms. The van der Waals surface area contributed by atoms with Gasteiger partial charge in [-0.15, -0.1) is 0 Å². The van der Waals surface area contributed by atoms with Crippen LogP contribution >= 0.6 is 32.9 Å². The van der Waals surface area contributed by atoms with E-state index in [9.17, 15) is 0 Å². The molecule has 1 aromatic heterocycles. The van der Waals surface area contributed by atoms with Crippen LogP contribution in [-0.2, 0) is 5.54 Å². The predicted octanol–water partition coefficient (Wildman–Crippen LogP) is 5.48. The number of nitrogens with one attached hydrogen (secondary N) is 1. The minimum atomic E-state index is -0.0272. The molecule has 0 saturated heterocycles. The van der Waals surface area contributed by atoms with Crippen molar-refractivity contribution in [3.8, 4) is 11.1 Å². The maximum absolute atomic E-state index is 5.54. The number of anilines is 1. The van der Waals surface area contributed by atoms with Crippen molar-refractivity contribution in [2.75, 3.05) is 5.32 Å². The van der Waals surface area contributed by atoms with Crippen molar-refractivity contribution in [1.82, 2.24) is 0 Å². The molecule has 3 rings (SSSR count). The van der Waals surface area contributed by atoms with Crippen LogP contribution in [0.5, 0.6) is 0 Å². The smallest absolute Gasteiger partial charge is 0.110 e. The van der Waals surface area contributed by atoms with Gasteiger partial charge in [0, 0.05) is 16.8 Å². The van der Waals surface area contributed by atoms with Crippen molar-refractivity contribution in [3.05, 3.63) is 32.0 Å². The molecular weight excluding hydrogens is 278 g/mol. The van der Waals surface area contributed by atoms with Crippen LogP contribution in [0.4, 0.5) is 5.69 Å². The van der Waals surface area contributed by atoms with Crippen LogP contribution in [0.3, 0.4) is 0 Å². The summed E-state index contributed by atoms with van der Waals surface area (Å²) in [5.41, 5.74) is 6.38. The molecule has 0 spiro atoms. The fourth-order valence-electron chi connectivity index (χ4n) is 2.60. The van der Waals surface area contributed by atoms with Gasteiger partial charge < -0.3 is 5.32 Å². The van der Waals surface area contributed by atoms with Gasteiger partial charge in [-0.25, -0.2) is 0 Å². The minimum Gasteiger partial charge on any atom is -0.374 e. The van der Waals surface area contributed by atoms with Gasteiger partial charge in [0.15, 0.2) is 0 Å². The summed E-state index contributed by atoms with van der Waals surface area (Å²) in [7, 11) is 3.52. The van der Waals surface area contributed by atoms with E-state index in [0.29, 0.717) is 0 Å². The Labute approximate surface area is 120 Å². The molecule has 0 radical (unpaired) electrons. The maximum atomic E-state index is 5.54. The summed E-state index contributed by atoms with van der Waals surface area (Å²) in [6.07, 6.45) is 0. The van der Waals surface area contributed by atoms with Gasteiger partial charge in [-0.2, -0.15) is 0 Å². The van der Waals surface area contributed by atoms with Gasteiger partial charge in [-0.3, -0.25) is 0 Å². The quantitative estimate of drug-likeness (QED) is 0.509. The van der Waals surface area contributed by atoms with E-state index >= 15 is 0 Å². The highest BCUT2D eigenvalue weighted by atomic mass is 32.9. The lowest BCUT2D eigenvalue weighted by Crippen LogP contribution is -2.31. The number of hydrogen-bond acceptors (Lipinski definition) is 4. The van der Waals surface area contributed by atoms with Gasteiger partial charge in [-0.05, 0) is 39.3 Å². The third-order valence-electron chi connectivity index (χ3n) is 3.39. The van der Waals surface area contributed by atoms with Crippen LogP contribution in [0.25, 0.3) is 11.1 Å². The molecule has 1 N–H and O–H groups in total. The lowest BCUT2D eigenvalue weighted by Gasteiger charge is -2.34. The molecule has 0 amide bonds. The number of aryl methyl sites for hydroxylation is 2. The SMILES string of the molecule is Cc1cc(C)c2c(c1)-c1c(ssc1=S)C(C)(C)N2. The molecule has 0 aliphatic carbocycles. The zero-order valence-corrected chi connectivity index (χ0v) is 13.3. The highest BCUT2D eigenvalue weighted by Gasteiger charge is 2.33. The van der Waals surface area contributed by atoms with Gasteiger partial charge in [0.05, 0.1) is 10.4 Å². The van der Waals surface area contributed by atoms with Gasteiger partial charge in [0.25, 0.3) is 0 Å². The summed E-state index contributed by atoms with van der Waals surface area (Å²) in [5.74, 6) is 0. The van der Waals surface area contributed by atoms with Crippen LogP contribution in [0.2, 0.25) is 0 Å². The summed E-state index contributed by atoms with van der Waals surface area (Å²) in [4.78, 5) is 1.37. The molecule has 0 saturated carbocycles. The number of rotatable bonds is 0. The van der Waals surface area contributed by atoms with E-state index < -0.39 is 0 Å². The molecule has 0 unspecified atom stereocenters. The normalized spacial score (nSPS) is 15.8. The van der Waals surface area contributed by atoms with Gasteiger partial charge in [0.2, 0.25) is 0 Å². The number of benzene rings is 1. The lowest BCUT2D eigenvalue weighted by atomic mass is 9.88. The predicted molar refractivity (Wildman–Crippen MR) is 84.6 cm³/mol. The van der Waals surface area contributed by atoms with E-state index in [2.05, 4.69) is 45.1 Å². The first kappa shape index (κ1) is 12.3. The van der Waals surface area contributed by atoms with Crippen LogP contribution in [0.15, 0.2) is 12.1 Å². The van der Waals surface area contributed by atoms with Gasteiger partial charge in [0.1, 0.15) is 3.82 Å². The average Bonchev–Trinajstić information content (AvgIpc) is 2.64. The first-order valence-corrected chi connectivity index (χ1v) is 8.49. The molecule has 1 nitrogen and oxygen atoms in total. The van der Waals surface area contributed by atoms with E-state index in [1.807, 2.05) is 10.3 Å². The lowest BCUT2D eigenvalue weighted by molar-refractivity contribution is 0.619. The first-order chi connectivity index (χ1) is 8.40. The van der Waals surface area contributed by atoms with E-state index in [0.717, 1.165) is 3.82 Å². The van der Waals surface area contributed by atoms with Crippen molar-refractivity contribution < 1.29 is 0 Å². The molecule has 0 fully saturated rings. The molecule has 2 aromatic rings. The number of hydrogen-bond donors (Lipinski definition) is 1. The maximum Gasteiger partial charge on any atom is 0.110 e. The third-order valence-corrected chi connectivity index (χ3v) is 6.73. The van der Waals surface area contributed by atoms with Crippen molar-refractivity contribution in [2.45, 2.75) is 33.2 Å². The zero-order valence-electron chi connectivity index (χ0n) is 10.9. The standard InChI is InChI=1S/C14H15NS3/c1-7-5-8(2)11-9(6-7)10-12(14(3,4)15-11)17-18-13(10)16/h5-6,15H,1-4H3. The van der Waals surface area contributed by atoms with Crippen LogP contribution in [-0.4, -0.2) is 0 Å². The van der Waals surface area contributed by atoms with Crippen LogP contribution in [0, 0.1) is 17.7 Å². The van der Waals surface area contributed by atoms with E-state index in [1.54, 1.807) is 10.3 Å². The molecule has 2 heterocycles. The first-order valence-electron chi connectivity index (χ1n) is 5.93. The van der Waals surface area contributed by atoms with Crippen molar-refractivity contribution >= 4 is 38.6 Å². The average molecular weight is 293 g/mol. The van der Waals surface area contributed by atoms with Crippen molar-refractivity contribution in [3.63, 3.8) is 0 Å². The molecule has 18 heavy (non-hydrogen) atoms. The molecule has 94 valence electrons. The fourth-order valence-corrected chi connectivity index (χ4v) is 5.86. The van der Waals surface area contributed by atoms with E-state index in [1.165, 1.54) is 32.8 Å².